The second-order valence-electron chi connectivity index (χ2n) is 4.75. The molecule has 1 aromatic rings. The van der Waals surface area contributed by atoms with E-state index in [-0.39, 0.29) is 11.2 Å². The Hall–Kier alpha value is -1.12. The Morgan fingerprint density at radius 2 is 1.79 bits per heavy atom. The van der Waals surface area contributed by atoms with Crippen LogP contribution in [0.5, 0.6) is 0 Å². The van der Waals surface area contributed by atoms with Crippen LogP contribution in [-0.2, 0) is 7.05 Å². The molecule has 0 saturated carbocycles. The zero-order chi connectivity index (χ0) is 11.1. The van der Waals surface area contributed by atoms with Crippen LogP contribution in [0.2, 0.25) is 0 Å². The Balaban J connectivity index is 3.27. The average Bonchev–Trinajstić information content (AvgIpc) is 2.24. The number of aromatic nitrogens is 2. The van der Waals surface area contributed by atoms with Crippen molar-refractivity contribution in [2.45, 2.75) is 34.6 Å². The number of aryl methyl sites for hydroxylation is 2. The lowest BCUT2D eigenvalue weighted by molar-refractivity contribution is 0.0857. The van der Waals surface area contributed by atoms with Gasteiger partial charge < -0.3 is 0 Å². The summed E-state index contributed by atoms with van der Waals surface area (Å²) in [6.07, 6.45) is 0. The molecule has 0 amide bonds. The van der Waals surface area contributed by atoms with Crippen LogP contribution in [0.4, 0.5) is 0 Å². The van der Waals surface area contributed by atoms with Crippen molar-refractivity contribution in [3.05, 3.63) is 17.0 Å². The van der Waals surface area contributed by atoms with E-state index in [4.69, 9.17) is 0 Å². The molecule has 0 atom stereocenters. The Morgan fingerprint density at radius 1 is 1.29 bits per heavy atom. The van der Waals surface area contributed by atoms with Crippen LogP contribution in [0.15, 0.2) is 0 Å². The molecule has 3 heteroatoms. The lowest BCUT2D eigenvalue weighted by Gasteiger charge is -2.16. The minimum atomic E-state index is -0.335. The Bertz CT molecular complexity index is 369. The first kappa shape index (κ1) is 11.0. The number of ketones is 1. The molecule has 14 heavy (non-hydrogen) atoms. The van der Waals surface area contributed by atoms with Crippen LogP contribution in [-0.4, -0.2) is 15.6 Å². The van der Waals surface area contributed by atoms with Crippen molar-refractivity contribution in [1.82, 2.24) is 9.78 Å². The summed E-state index contributed by atoms with van der Waals surface area (Å²) >= 11 is 0. The summed E-state index contributed by atoms with van der Waals surface area (Å²) in [7, 11) is 1.86. The summed E-state index contributed by atoms with van der Waals surface area (Å²) in [4.78, 5) is 12.1. The largest absolute Gasteiger partial charge is 0.293 e. The van der Waals surface area contributed by atoms with Crippen LogP contribution in [0, 0.1) is 19.3 Å². The maximum atomic E-state index is 12.1. The van der Waals surface area contributed by atoms with Gasteiger partial charge in [0.25, 0.3) is 0 Å². The lowest BCUT2D eigenvalue weighted by Crippen LogP contribution is -2.21. The molecular weight excluding hydrogens is 176 g/mol. The summed E-state index contributed by atoms with van der Waals surface area (Å²) < 4.78 is 1.76. The van der Waals surface area contributed by atoms with Crippen molar-refractivity contribution in [3.8, 4) is 0 Å². The third-order valence-corrected chi connectivity index (χ3v) is 2.42. The number of hydrogen-bond acceptors (Lipinski definition) is 2. The van der Waals surface area contributed by atoms with Gasteiger partial charge in [-0.05, 0) is 13.8 Å². The minimum absolute atomic E-state index is 0.167. The summed E-state index contributed by atoms with van der Waals surface area (Å²) in [6, 6.07) is 0. The quantitative estimate of drug-likeness (QED) is 0.643. The van der Waals surface area contributed by atoms with Crippen LogP contribution in [0.1, 0.15) is 42.5 Å². The molecule has 1 rings (SSSR count). The first-order chi connectivity index (χ1) is 6.25. The van der Waals surface area contributed by atoms with Gasteiger partial charge in [0.1, 0.15) is 0 Å². The van der Waals surface area contributed by atoms with E-state index in [2.05, 4.69) is 5.10 Å². The number of rotatable bonds is 1. The van der Waals surface area contributed by atoms with E-state index >= 15 is 0 Å². The van der Waals surface area contributed by atoms with Crippen molar-refractivity contribution in [2.24, 2.45) is 12.5 Å². The first-order valence-corrected chi connectivity index (χ1v) is 4.80. The normalized spacial score (nSPS) is 11.9. The predicted octanol–water partition coefficient (Wildman–Crippen LogP) is 2.27. The molecule has 0 aliphatic rings. The van der Waals surface area contributed by atoms with Gasteiger partial charge in [0.15, 0.2) is 5.78 Å². The maximum absolute atomic E-state index is 12.1. The number of carbonyl (C=O) groups is 1. The molecule has 0 aliphatic heterocycles. The molecule has 0 spiro atoms. The number of hydrogen-bond donors (Lipinski definition) is 0. The van der Waals surface area contributed by atoms with E-state index in [1.54, 1.807) is 4.68 Å². The highest BCUT2D eigenvalue weighted by Crippen LogP contribution is 2.24. The minimum Gasteiger partial charge on any atom is -0.293 e. The fraction of sp³-hybridized carbons (Fsp3) is 0.636. The highest BCUT2D eigenvalue weighted by Gasteiger charge is 2.27. The van der Waals surface area contributed by atoms with Gasteiger partial charge in [0, 0.05) is 18.2 Å². The van der Waals surface area contributed by atoms with Gasteiger partial charge in [-0.25, -0.2) is 0 Å². The molecule has 3 nitrogen and oxygen atoms in total. The Kier molecular flexibility index (Phi) is 2.52. The number of carbonyl (C=O) groups excluding carboxylic acids is 1. The predicted molar refractivity (Wildman–Crippen MR) is 56.5 cm³/mol. The topological polar surface area (TPSA) is 34.9 Å². The molecule has 0 aliphatic carbocycles. The van der Waals surface area contributed by atoms with Crippen molar-refractivity contribution in [2.75, 3.05) is 0 Å². The second-order valence-corrected chi connectivity index (χ2v) is 4.75. The molecular formula is C11H18N2O. The van der Waals surface area contributed by atoms with Crippen LogP contribution < -0.4 is 0 Å². The van der Waals surface area contributed by atoms with Crippen LogP contribution in [0.3, 0.4) is 0 Å². The highest BCUT2D eigenvalue weighted by molar-refractivity contribution is 6.01. The molecule has 0 unspecified atom stereocenters. The standard InChI is InChI=1S/C11H18N2O/c1-7-9(8(2)13(6)12-7)10(14)11(3,4)5/h1-6H3. The third kappa shape index (κ3) is 1.72. The number of nitrogens with zero attached hydrogens (tertiary/aromatic N) is 2. The van der Waals surface area contributed by atoms with Gasteiger partial charge >= 0.3 is 0 Å². The maximum Gasteiger partial charge on any atom is 0.171 e. The van der Waals surface area contributed by atoms with Crippen LogP contribution >= 0.6 is 0 Å². The van der Waals surface area contributed by atoms with E-state index < -0.39 is 0 Å². The Morgan fingerprint density at radius 3 is 2.07 bits per heavy atom. The number of Topliss-reactive ketones (excluding diaryl/α,β-unsaturated/α-hetero) is 1. The van der Waals surface area contributed by atoms with Gasteiger partial charge in [-0.1, -0.05) is 20.8 Å². The molecule has 0 fully saturated rings. The SMILES string of the molecule is Cc1nn(C)c(C)c1C(=O)C(C)(C)C. The second kappa shape index (κ2) is 3.23. The molecule has 0 N–H and O–H groups in total. The fourth-order valence-electron chi connectivity index (χ4n) is 1.48. The van der Waals surface area contributed by atoms with Crippen molar-refractivity contribution in [3.63, 3.8) is 0 Å². The molecule has 0 aromatic carbocycles. The average molecular weight is 194 g/mol. The third-order valence-electron chi connectivity index (χ3n) is 2.42. The molecule has 1 heterocycles. The van der Waals surface area contributed by atoms with E-state index in [9.17, 15) is 4.79 Å². The monoisotopic (exact) mass is 194 g/mol. The zero-order valence-corrected chi connectivity index (χ0v) is 9.80. The lowest BCUT2D eigenvalue weighted by atomic mass is 9.86. The smallest absolute Gasteiger partial charge is 0.171 e. The molecule has 0 bridgehead atoms. The van der Waals surface area contributed by atoms with E-state index in [1.165, 1.54) is 0 Å². The molecule has 0 saturated heterocycles. The summed E-state index contributed by atoms with van der Waals surface area (Å²) in [5, 5.41) is 4.24. The zero-order valence-electron chi connectivity index (χ0n) is 9.80. The molecule has 78 valence electrons. The van der Waals surface area contributed by atoms with Gasteiger partial charge in [0.2, 0.25) is 0 Å². The van der Waals surface area contributed by atoms with Gasteiger partial charge in [-0.3, -0.25) is 9.48 Å². The van der Waals surface area contributed by atoms with Gasteiger partial charge in [0.05, 0.1) is 11.3 Å². The fourth-order valence-corrected chi connectivity index (χ4v) is 1.48. The summed E-state index contributed by atoms with van der Waals surface area (Å²) in [5.74, 6) is 0.167. The molecule has 1 aromatic heterocycles. The highest BCUT2D eigenvalue weighted by atomic mass is 16.1. The summed E-state index contributed by atoms with van der Waals surface area (Å²) in [5.41, 5.74) is 2.21. The van der Waals surface area contributed by atoms with E-state index in [0.717, 1.165) is 17.0 Å². The van der Waals surface area contributed by atoms with Crippen LogP contribution in [0.25, 0.3) is 0 Å². The Labute approximate surface area is 85.1 Å². The molecule has 0 radical (unpaired) electrons. The summed E-state index contributed by atoms with van der Waals surface area (Å²) in [6.45, 7) is 9.61. The first-order valence-electron chi connectivity index (χ1n) is 4.80. The van der Waals surface area contributed by atoms with Crippen molar-refractivity contribution >= 4 is 5.78 Å². The van der Waals surface area contributed by atoms with E-state index in [1.807, 2.05) is 41.7 Å². The van der Waals surface area contributed by atoms with Crippen molar-refractivity contribution in [1.29, 1.82) is 0 Å². The van der Waals surface area contributed by atoms with Gasteiger partial charge in [-0.15, -0.1) is 0 Å². The van der Waals surface area contributed by atoms with E-state index in [0.29, 0.717) is 0 Å². The van der Waals surface area contributed by atoms with Crippen molar-refractivity contribution < 1.29 is 4.79 Å². The van der Waals surface area contributed by atoms with Gasteiger partial charge in [-0.2, -0.15) is 5.10 Å².